The van der Waals surface area contributed by atoms with E-state index >= 15 is 0 Å². The fourth-order valence-corrected chi connectivity index (χ4v) is 2.88. The zero-order chi connectivity index (χ0) is 13.7. The molecule has 1 aliphatic rings. The summed E-state index contributed by atoms with van der Waals surface area (Å²) in [5.41, 5.74) is 9.67. The van der Waals surface area contributed by atoms with Crippen LogP contribution in [0.15, 0.2) is 28.8 Å². The average Bonchev–Trinajstić information content (AvgIpc) is 3.13. The summed E-state index contributed by atoms with van der Waals surface area (Å²) in [6.45, 7) is 0. The monoisotopic (exact) mass is 285 g/mol. The number of hydrogen-bond donors (Lipinski definition) is 1. The highest BCUT2D eigenvalue weighted by Crippen LogP contribution is 2.36. The van der Waals surface area contributed by atoms with E-state index < -0.39 is 0 Å². The number of rotatable bonds is 2. The van der Waals surface area contributed by atoms with Gasteiger partial charge < -0.3 is 5.73 Å². The summed E-state index contributed by atoms with van der Waals surface area (Å²) < 4.78 is 1.73. The lowest BCUT2D eigenvalue weighted by atomic mass is 10.3. The molecule has 7 heteroatoms. The molecule has 0 radical (unpaired) electrons. The number of thiazole rings is 1. The number of anilines is 1. The highest BCUT2D eigenvalue weighted by Gasteiger charge is 2.29. The molecule has 0 unspecified atom stereocenters. The van der Waals surface area contributed by atoms with Gasteiger partial charge in [0, 0.05) is 18.4 Å². The van der Waals surface area contributed by atoms with Crippen molar-refractivity contribution in [2.24, 2.45) is 0 Å². The van der Waals surface area contributed by atoms with Gasteiger partial charge in [0.15, 0.2) is 5.65 Å². The summed E-state index contributed by atoms with van der Waals surface area (Å²) in [7, 11) is 0. The van der Waals surface area contributed by atoms with Gasteiger partial charge in [-0.3, -0.25) is 14.3 Å². The minimum atomic E-state index is -0.109. The summed E-state index contributed by atoms with van der Waals surface area (Å²) in [4.78, 5) is 26.2. The molecule has 0 saturated heterocycles. The van der Waals surface area contributed by atoms with Crippen molar-refractivity contribution in [2.45, 2.75) is 18.9 Å². The largest absolute Gasteiger partial charge is 0.397 e. The molecule has 3 aromatic rings. The lowest BCUT2D eigenvalue weighted by molar-refractivity contribution is 0.726. The number of aromatic nitrogens is 4. The summed E-state index contributed by atoms with van der Waals surface area (Å²) >= 11 is 1.40. The van der Waals surface area contributed by atoms with Crippen LogP contribution in [0.3, 0.4) is 0 Å². The summed E-state index contributed by atoms with van der Waals surface area (Å²) in [5, 5.41) is 0. The fraction of sp³-hybridized carbons (Fsp3) is 0.231. The molecule has 0 atom stereocenters. The van der Waals surface area contributed by atoms with Crippen molar-refractivity contribution in [1.82, 2.24) is 19.5 Å². The van der Waals surface area contributed by atoms with Gasteiger partial charge in [0.25, 0.3) is 5.56 Å². The normalized spacial score (nSPS) is 14.8. The van der Waals surface area contributed by atoms with E-state index in [4.69, 9.17) is 5.73 Å². The third kappa shape index (κ3) is 1.63. The second kappa shape index (κ2) is 4.11. The van der Waals surface area contributed by atoms with Crippen molar-refractivity contribution in [3.63, 3.8) is 0 Å². The van der Waals surface area contributed by atoms with Crippen molar-refractivity contribution < 1.29 is 0 Å². The third-order valence-corrected chi connectivity index (χ3v) is 4.17. The van der Waals surface area contributed by atoms with Crippen LogP contribution < -0.4 is 11.3 Å². The van der Waals surface area contributed by atoms with E-state index in [2.05, 4.69) is 15.0 Å². The molecule has 2 N–H and O–H groups in total. The van der Waals surface area contributed by atoms with Crippen LogP contribution in [0, 0.1) is 0 Å². The topological polar surface area (TPSA) is 86.7 Å². The van der Waals surface area contributed by atoms with E-state index in [1.54, 1.807) is 28.5 Å². The van der Waals surface area contributed by atoms with E-state index in [0.717, 1.165) is 17.7 Å². The van der Waals surface area contributed by atoms with Crippen LogP contribution in [0.4, 0.5) is 5.69 Å². The Balaban J connectivity index is 2.14. The van der Waals surface area contributed by atoms with Gasteiger partial charge in [-0.15, -0.1) is 11.3 Å². The Morgan fingerprint density at radius 1 is 1.40 bits per heavy atom. The molecule has 3 aromatic heterocycles. The summed E-state index contributed by atoms with van der Waals surface area (Å²) in [6, 6.07) is 1.92. The van der Waals surface area contributed by atoms with Crippen LogP contribution in [0.2, 0.25) is 0 Å². The fourth-order valence-electron chi connectivity index (χ4n) is 2.28. The van der Waals surface area contributed by atoms with E-state index in [1.165, 1.54) is 11.3 Å². The first-order valence-corrected chi connectivity index (χ1v) is 7.19. The smallest absolute Gasteiger partial charge is 0.279 e. The minimum Gasteiger partial charge on any atom is -0.397 e. The number of fused-ring (bicyclic) bond motifs is 1. The molecule has 20 heavy (non-hydrogen) atoms. The molecule has 100 valence electrons. The van der Waals surface area contributed by atoms with E-state index in [-0.39, 0.29) is 11.6 Å². The van der Waals surface area contributed by atoms with Gasteiger partial charge in [0.05, 0.1) is 16.1 Å². The Bertz CT molecular complexity index is 851. The number of pyridine rings is 1. The van der Waals surface area contributed by atoms with Crippen molar-refractivity contribution in [3.05, 3.63) is 34.3 Å². The predicted molar refractivity (Wildman–Crippen MR) is 77.6 cm³/mol. The van der Waals surface area contributed by atoms with Gasteiger partial charge in [-0.05, 0) is 18.9 Å². The van der Waals surface area contributed by atoms with Crippen molar-refractivity contribution >= 4 is 28.2 Å². The molecular weight excluding hydrogens is 274 g/mol. The predicted octanol–water partition coefficient (Wildman–Crippen LogP) is 1.83. The standard InChI is InChI=1S/C13H11N5OS/c14-8-3-4-16-12-10(8)17-11(9-5-15-6-20-9)13(19)18(12)7-1-2-7/h3-7H,1-2H2,(H2,14,16). The maximum absolute atomic E-state index is 12.7. The molecule has 4 rings (SSSR count). The van der Waals surface area contributed by atoms with Crippen LogP contribution in [-0.4, -0.2) is 19.5 Å². The summed E-state index contributed by atoms with van der Waals surface area (Å²) in [6.07, 6.45) is 5.27. The molecule has 0 amide bonds. The molecule has 1 saturated carbocycles. The lowest BCUT2D eigenvalue weighted by Gasteiger charge is -2.10. The number of hydrogen-bond acceptors (Lipinski definition) is 6. The van der Waals surface area contributed by atoms with Crippen LogP contribution in [-0.2, 0) is 0 Å². The number of nitrogens with zero attached hydrogens (tertiary/aromatic N) is 4. The second-order valence-electron chi connectivity index (χ2n) is 4.80. The lowest BCUT2D eigenvalue weighted by Crippen LogP contribution is -2.23. The minimum absolute atomic E-state index is 0.109. The zero-order valence-corrected chi connectivity index (χ0v) is 11.3. The Morgan fingerprint density at radius 3 is 2.95 bits per heavy atom. The van der Waals surface area contributed by atoms with Crippen molar-refractivity contribution in [2.75, 3.05) is 5.73 Å². The highest BCUT2D eigenvalue weighted by atomic mass is 32.1. The molecular formula is C13H11N5OS. The quantitative estimate of drug-likeness (QED) is 0.776. The van der Waals surface area contributed by atoms with E-state index in [0.29, 0.717) is 22.5 Å². The first-order chi connectivity index (χ1) is 9.75. The second-order valence-corrected chi connectivity index (χ2v) is 5.69. The van der Waals surface area contributed by atoms with Gasteiger partial charge in [-0.1, -0.05) is 0 Å². The molecule has 0 aliphatic heterocycles. The van der Waals surface area contributed by atoms with Gasteiger partial charge in [0.1, 0.15) is 11.2 Å². The maximum Gasteiger partial charge on any atom is 0.279 e. The molecule has 1 fully saturated rings. The Morgan fingerprint density at radius 2 is 2.25 bits per heavy atom. The van der Waals surface area contributed by atoms with Crippen LogP contribution >= 0.6 is 11.3 Å². The zero-order valence-electron chi connectivity index (χ0n) is 10.5. The van der Waals surface area contributed by atoms with Gasteiger partial charge in [0.2, 0.25) is 0 Å². The molecule has 0 spiro atoms. The van der Waals surface area contributed by atoms with Crippen molar-refractivity contribution in [3.8, 4) is 10.6 Å². The first-order valence-electron chi connectivity index (χ1n) is 6.31. The third-order valence-electron chi connectivity index (χ3n) is 3.39. The number of nitrogens with two attached hydrogens (primary N) is 1. The molecule has 3 heterocycles. The molecule has 6 nitrogen and oxygen atoms in total. The van der Waals surface area contributed by atoms with Crippen LogP contribution in [0.1, 0.15) is 18.9 Å². The van der Waals surface area contributed by atoms with Crippen LogP contribution in [0.25, 0.3) is 21.7 Å². The summed E-state index contributed by atoms with van der Waals surface area (Å²) in [5.74, 6) is 0. The Labute approximate surface area is 117 Å². The Hall–Kier alpha value is -2.28. The average molecular weight is 285 g/mol. The SMILES string of the molecule is Nc1ccnc2c1nc(-c1cncs1)c(=O)n2C1CC1. The van der Waals surface area contributed by atoms with Gasteiger partial charge in [-0.25, -0.2) is 9.97 Å². The highest BCUT2D eigenvalue weighted by molar-refractivity contribution is 7.13. The number of nitrogen functional groups attached to an aromatic ring is 1. The van der Waals surface area contributed by atoms with E-state index in [9.17, 15) is 4.79 Å². The van der Waals surface area contributed by atoms with Gasteiger partial charge in [-0.2, -0.15) is 0 Å². The Kier molecular flexibility index (Phi) is 2.37. The molecule has 0 bridgehead atoms. The van der Waals surface area contributed by atoms with Crippen LogP contribution in [0.5, 0.6) is 0 Å². The first kappa shape index (κ1) is 11.5. The van der Waals surface area contributed by atoms with Crippen molar-refractivity contribution in [1.29, 1.82) is 0 Å². The molecule has 1 aliphatic carbocycles. The molecule has 0 aromatic carbocycles. The van der Waals surface area contributed by atoms with E-state index in [1.807, 2.05) is 0 Å². The van der Waals surface area contributed by atoms with Gasteiger partial charge >= 0.3 is 0 Å². The maximum atomic E-state index is 12.7.